The van der Waals surface area contributed by atoms with Gasteiger partial charge < -0.3 is 10.3 Å². The summed E-state index contributed by atoms with van der Waals surface area (Å²) < 4.78 is 0. The van der Waals surface area contributed by atoms with Gasteiger partial charge in [-0.2, -0.15) is 0 Å². The van der Waals surface area contributed by atoms with Gasteiger partial charge in [0.2, 0.25) is 0 Å². The van der Waals surface area contributed by atoms with Crippen molar-refractivity contribution in [3.8, 4) is 0 Å². The van der Waals surface area contributed by atoms with Crippen LogP contribution in [-0.4, -0.2) is 25.8 Å². The molecular weight excluding hydrogens is 354 g/mol. The number of carbonyl (C=O) groups excluding carboxylic acids is 1. The van der Waals surface area contributed by atoms with E-state index in [1.54, 1.807) is 12.3 Å². The van der Waals surface area contributed by atoms with Crippen molar-refractivity contribution in [1.82, 2.24) is 25.3 Å². The van der Waals surface area contributed by atoms with Crippen LogP contribution in [0.4, 0.5) is 0 Å². The molecule has 0 aliphatic heterocycles. The standard InChI is InChI=1S/C21H25N5O2/c1-12(17-2-3-22-11-24-17)25-18(27)16-10-23-20(26-19(16)28)21-7-13-4-14(8-21)6-15(5-13)9-21/h2-3,10-15H,4-9H2,1H3,(H,25,27)(H,23,26,28)/t12-,13?,14?,15?,21?/m0/s1. The van der Waals surface area contributed by atoms with E-state index in [4.69, 9.17) is 0 Å². The van der Waals surface area contributed by atoms with Crippen LogP contribution in [0.1, 0.15) is 73.4 Å². The first-order valence-corrected chi connectivity index (χ1v) is 10.2. The molecule has 1 amide bonds. The van der Waals surface area contributed by atoms with E-state index < -0.39 is 5.91 Å². The molecule has 2 aromatic rings. The van der Waals surface area contributed by atoms with Crippen LogP contribution in [0.5, 0.6) is 0 Å². The van der Waals surface area contributed by atoms with Crippen LogP contribution in [0.15, 0.2) is 29.6 Å². The summed E-state index contributed by atoms with van der Waals surface area (Å²) >= 11 is 0. The van der Waals surface area contributed by atoms with Crippen molar-refractivity contribution in [1.29, 1.82) is 0 Å². The van der Waals surface area contributed by atoms with Crippen LogP contribution in [0, 0.1) is 17.8 Å². The minimum Gasteiger partial charge on any atom is -0.344 e. The fraction of sp³-hybridized carbons (Fsp3) is 0.571. The van der Waals surface area contributed by atoms with E-state index in [0.717, 1.165) is 42.8 Å². The molecule has 4 saturated carbocycles. The van der Waals surface area contributed by atoms with Gasteiger partial charge in [0.15, 0.2) is 0 Å². The summed E-state index contributed by atoms with van der Waals surface area (Å²) in [5.74, 6) is 2.67. The second-order valence-electron chi connectivity index (χ2n) is 9.00. The van der Waals surface area contributed by atoms with Crippen molar-refractivity contribution in [2.24, 2.45) is 17.8 Å². The summed E-state index contributed by atoms with van der Waals surface area (Å²) in [4.78, 5) is 40.9. The highest BCUT2D eigenvalue weighted by molar-refractivity contribution is 5.93. The van der Waals surface area contributed by atoms with Gasteiger partial charge in [0, 0.05) is 17.8 Å². The number of amides is 1. The summed E-state index contributed by atoms with van der Waals surface area (Å²) in [7, 11) is 0. The van der Waals surface area contributed by atoms with E-state index in [1.807, 2.05) is 6.92 Å². The first-order valence-electron chi connectivity index (χ1n) is 10.2. The lowest BCUT2D eigenvalue weighted by Gasteiger charge is -2.56. The third kappa shape index (κ3) is 2.93. The Bertz CT molecular complexity index is 919. The van der Waals surface area contributed by atoms with Gasteiger partial charge in [0.1, 0.15) is 17.7 Å². The third-order valence-electron chi connectivity index (χ3n) is 6.98. The number of hydrogen-bond donors (Lipinski definition) is 2. The SMILES string of the molecule is C[C@H](NC(=O)c1cnc(C23CC4CC(CC(C4)C2)C3)[nH]c1=O)c1ccncn1. The Morgan fingerprint density at radius 1 is 1.18 bits per heavy atom. The van der Waals surface area contributed by atoms with E-state index >= 15 is 0 Å². The molecule has 2 N–H and O–H groups in total. The first kappa shape index (κ1) is 17.5. The Balaban J connectivity index is 1.37. The van der Waals surface area contributed by atoms with Gasteiger partial charge >= 0.3 is 0 Å². The molecule has 4 fully saturated rings. The molecule has 7 heteroatoms. The Labute approximate surface area is 163 Å². The van der Waals surface area contributed by atoms with Crippen LogP contribution in [0.25, 0.3) is 0 Å². The molecule has 0 spiro atoms. The number of H-pyrrole nitrogens is 1. The summed E-state index contributed by atoms with van der Waals surface area (Å²) in [6, 6.07) is 1.42. The van der Waals surface area contributed by atoms with Crippen LogP contribution >= 0.6 is 0 Å². The average Bonchev–Trinajstić information content (AvgIpc) is 2.67. The maximum Gasteiger partial charge on any atom is 0.263 e. The molecule has 0 aromatic carbocycles. The number of nitrogens with zero attached hydrogens (tertiary/aromatic N) is 3. The zero-order valence-corrected chi connectivity index (χ0v) is 16.0. The molecule has 0 saturated heterocycles. The largest absolute Gasteiger partial charge is 0.344 e. The molecule has 0 unspecified atom stereocenters. The molecule has 6 rings (SSSR count). The molecular formula is C21H25N5O2. The van der Waals surface area contributed by atoms with E-state index in [2.05, 4.69) is 25.3 Å². The number of hydrogen-bond acceptors (Lipinski definition) is 5. The number of nitrogens with one attached hydrogen (secondary N) is 2. The maximum atomic E-state index is 12.7. The van der Waals surface area contributed by atoms with Crippen LogP contribution in [0.2, 0.25) is 0 Å². The molecule has 4 aliphatic carbocycles. The third-order valence-corrected chi connectivity index (χ3v) is 6.98. The van der Waals surface area contributed by atoms with Crippen molar-refractivity contribution in [3.63, 3.8) is 0 Å². The van der Waals surface area contributed by atoms with Gasteiger partial charge in [-0.1, -0.05) is 0 Å². The van der Waals surface area contributed by atoms with Crippen molar-refractivity contribution >= 4 is 5.91 Å². The van der Waals surface area contributed by atoms with E-state index in [9.17, 15) is 9.59 Å². The molecule has 146 valence electrons. The normalized spacial score (nSPS) is 31.5. The fourth-order valence-electron chi connectivity index (χ4n) is 6.13. The molecule has 2 heterocycles. The lowest BCUT2D eigenvalue weighted by Crippen LogP contribution is -2.50. The van der Waals surface area contributed by atoms with Crippen molar-refractivity contribution in [2.45, 2.75) is 56.9 Å². The van der Waals surface area contributed by atoms with Crippen molar-refractivity contribution in [2.75, 3.05) is 0 Å². The lowest BCUT2D eigenvalue weighted by molar-refractivity contribution is -0.00954. The molecule has 2 aromatic heterocycles. The summed E-state index contributed by atoms with van der Waals surface area (Å²) in [6.45, 7) is 1.83. The Morgan fingerprint density at radius 3 is 2.43 bits per heavy atom. The van der Waals surface area contributed by atoms with Crippen molar-refractivity contribution in [3.05, 3.63) is 52.2 Å². The lowest BCUT2D eigenvalue weighted by atomic mass is 9.49. The van der Waals surface area contributed by atoms with Crippen molar-refractivity contribution < 1.29 is 4.79 Å². The molecule has 28 heavy (non-hydrogen) atoms. The average molecular weight is 379 g/mol. The number of aromatic amines is 1. The molecule has 0 radical (unpaired) electrons. The Kier molecular flexibility index (Phi) is 4.07. The fourth-order valence-corrected chi connectivity index (χ4v) is 6.13. The minimum absolute atomic E-state index is 0.0111. The Morgan fingerprint density at radius 2 is 1.86 bits per heavy atom. The molecule has 1 atom stereocenters. The molecule has 4 aliphatic rings. The van der Waals surface area contributed by atoms with Crippen LogP contribution < -0.4 is 10.9 Å². The molecule has 7 nitrogen and oxygen atoms in total. The van der Waals surface area contributed by atoms with Gasteiger partial charge in [0.25, 0.3) is 11.5 Å². The predicted octanol–water partition coefficient (Wildman–Crippen LogP) is 2.52. The molecule has 4 bridgehead atoms. The smallest absolute Gasteiger partial charge is 0.263 e. The zero-order chi connectivity index (χ0) is 19.3. The Hall–Kier alpha value is -2.57. The van der Waals surface area contributed by atoms with Gasteiger partial charge in [0.05, 0.1) is 11.7 Å². The second kappa shape index (κ2) is 6.50. The number of rotatable bonds is 4. The van der Waals surface area contributed by atoms with E-state index in [0.29, 0.717) is 5.69 Å². The highest BCUT2D eigenvalue weighted by Crippen LogP contribution is 2.59. The highest BCUT2D eigenvalue weighted by Gasteiger charge is 2.52. The van der Waals surface area contributed by atoms with Gasteiger partial charge in [-0.15, -0.1) is 0 Å². The van der Waals surface area contributed by atoms with Gasteiger partial charge in [-0.05, 0) is 69.3 Å². The number of aromatic nitrogens is 4. The summed E-state index contributed by atoms with van der Waals surface area (Å²) in [5, 5.41) is 2.82. The zero-order valence-electron chi connectivity index (χ0n) is 16.0. The van der Waals surface area contributed by atoms with Crippen LogP contribution in [0.3, 0.4) is 0 Å². The van der Waals surface area contributed by atoms with E-state index in [-0.39, 0.29) is 22.6 Å². The minimum atomic E-state index is -0.433. The number of carbonyl (C=O) groups is 1. The maximum absolute atomic E-state index is 12.7. The quantitative estimate of drug-likeness (QED) is 0.850. The first-order chi connectivity index (χ1) is 13.5. The summed E-state index contributed by atoms with van der Waals surface area (Å²) in [5.41, 5.74) is 0.400. The second-order valence-corrected chi connectivity index (χ2v) is 9.00. The monoisotopic (exact) mass is 379 g/mol. The summed E-state index contributed by atoms with van der Waals surface area (Å²) in [6.07, 6.45) is 11.9. The topological polar surface area (TPSA) is 101 Å². The predicted molar refractivity (Wildman–Crippen MR) is 103 cm³/mol. The van der Waals surface area contributed by atoms with E-state index in [1.165, 1.54) is 31.8 Å². The van der Waals surface area contributed by atoms with Gasteiger partial charge in [-0.25, -0.2) is 15.0 Å². The van der Waals surface area contributed by atoms with Crippen LogP contribution in [-0.2, 0) is 5.41 Å². The highest BCUT2D eigenvalue weighted by atomic mass is 16.2. The van der Waals surface area contributed by atoms with Gasteiger partial charge in [-0.3, -0.25) is 9.59 Å².